The molecule has 0 radical (unpaired) electrons. The summed E-state index contributed by atoms with van der Waals surface area (Å²) < 4.78 is 4.93. The first-order chi connectivity index (χ1) is 11.9. The highest BCUT2D eigenvalue weighted by atomic mass is 35.5. The number of aromatic nitrogens is 1. The number of ether oxygens (including phenoxy) is 1. The maximum absolute atomic E-state index is 12.8. The van der Waals surface area contributed by atoms with Gasteiger partial charge in [0.15, 0.2) is 5.69 Å². The lowest BCUT2D eigenvalue weighted by molar-refractivity contribution is 0.0520. The Hall–Kier alpha value is -1.63. The molecular formula is C17H18Cl2N2O3S. The van der Waals surface area contributed by atoms with Gasteiger partial charge in [0.2, 0.25) is 0 Å². The maximum atomic E-state index is 12.8. The van der Waals surface area contributed by atoms with Crippen molar-refractivity contribution < 1.29 is 14.3 Å². The van der Waals surface area contributed by atoms with Gasteiger partial charge in [-0.05, 0) is 31.5 Å². The highest BCUT2D eigenvalue weighted by Gasteiger charge is 2.19. The first-order valence-electron chi connectivity index (χ1n) is 7.81. The minimum absolute atomic E-state index is 0.181. The molecule has 0 saturated carbocycles. The number of carbonyl (C=O) groups is 2. The lowest BCUT2D eigenvalue weighted by atomic mass is 10.2. The molecule has 0 aliphatic heterocycles. The lowest BCUT2D eigenvalue weighted by Crippen LogP contribution is -2.31. The van der Waals surface area contributed by atoms with E-state index < -0.39 is 5.97 Å². The summed E-state index contributed by atoms with van der Waals surface area (Å²) in [4.78, 5) is 30.4. The van der Waals surface area contributed by atoms with Gasteiger partial charge in [-0.2, -0.15) is 0 Å². The third kappa shape index (κ3) is 5.42. The van der Waals surface area contributed by atoms with Crippen molar-refractivity contribution in [3.05, 3.63) is 49.9 Å². The van der Waals surface area contributed by atoms with E-state index in [1.54, 1.807) is 35.4 Å². The van der Waals surface area contributed by atoms with E-state index in [2.05, 4.69) is 4.98 Å². The van der Waals surface area contributed by atoms with Crippen LogP contribution >= 0.6 is 34.5 Å². The van der Waals surface area contributed by atoms with Crippen molar-refractivity contribution in [2.45, 2.75) is 26.8 Å². The molecule has 5 nitrogen and oxygen atoms in total. The Balaban J connectivity index is 2.17. The van der Waals surface area contributed by atoms with Crippen molar-refractivity contribution in [2.75, 3.05) is 13.2 Å². The molecule has 1 aromatic heterocycles. The van der Waals surface area contributed by atoms with E-state index in [9.17, 15) is 9.59 Å². The summed E-state index contributed by atoms with van der Waals surface area (Å²) in [6.45, 7) is 4.87. The summed E-state index contributed by atoms with van der Waals surface area (Å²) in [6.07, 6.45) is 0.788. The monoisotopic (exact) mass is 400 g/mol. The number of carbonyl (C=O) groups excluding carboxylic acids is 2. The molecule has 0 spiro atoms. The largest absolute Gasteiger partial charge is 0.461 e. The van der Waals surface area contributed by atoms with Gasteiger partial charge in [-0.15, -0.1) is 11.3 Å². The number of thiazole rings is 1. The Bertz CT molecular complexity index is 744. The molecule has 1 aromatic carbocycles. The van der Waals surface area contributed by atoms with Crippen LogP contribution < -0.4 is 0 Å². The molecule has 1 heterocycles. The van der Waals surface area contributed by atoms with Gasteiger partial charge in [0, 0.05) is 27.5 Å². The number of rotatable bonds is 7. The van der Waals surface area contributed by atoms with Crippen molar-refractivity contribution in [1.82, 2.24) is 9.88 Å². The average molecular weight is 401 g/mol. The van der Waals surface area contributed by atoms with Gasteiger partial charge in [0.25, 0.3) is 5.91 Å². The van der Waals surface area contributed by atoms with Gasteiger partial charge >= 0.3 is 5.97 Å². The summed E-state index contributed by atoms with van der Waals surface area (Å²) in [5.41, 5.74) is 0.685. The van der Waals surface area contributed by atoms with Gasteiger partial charge in [0.1, 0.15) is 5.01 Å². The van der Waals surface area contributed by atoms with Crippen molar-refractivity contribution in [1.29, 1.82) is 0 Å². The van der Waals surface area contributed by atoms with Gasteiger partial charge < -0.3 is 9.64 Å². The molecule has 0 N–H and O–H groups in total. The highest BCUT2D eigenvalue weighted by molar-refractivity contribution is 7.09. The van der Waals surface area contributed by atoms with Gasteiger partial charge in [0.05, 0.1) is 13.2 Å². The molecule has 2 rings (SSSR count). The SMILES string of the molecule is CCCN(Cc1nc(C(=O)OCC)cs1)C(=O)c1cc(Cl)cc(Cl)c1. The van der Waals surface area contributed by atoms with Crippen LogP contribution in [0.25, 0.3) is 0 Å². The molecule has 2 aromatic rings. The van der Waals surface area contributed by atoms with Crippen LogP contribution in [0.3, 0.4) is 0 Å². The van der Waals surface area contributed by atoms with Crippen LogP contribution in [-0.4, -0.2) is 34.9 Å². The first kappa shape index (κ1) is 19.7. The molecule has 0 bridgehead atoms. The number of benzene rings is 1. The fraction of sp³-hybridized carbons (Fsp3) is 0.353. The topological polar surface area (TPSA) is 59.5 Å². The zero-order chi connectivity index (χ0) is 18.4. The Morgan fingerprint density at radius 3 is 2.48 bits per heavy atom. The lowest BCUT2D eigenvalue weighted by Gasteiger charge is -2.21. The quantitative estimate of drug-likeness (QED) is 0.633. The number of halogens is 2. The van der Waals surface area contributed by atoms with Crippen LogP contribution in [0.5, 0.6) is 0 Å². The Labute approximate surface area is 160 Å². The normalized spacial score (nSPS) is 10.6. The zero-order valence-corrected chi connectivity index (χ0v) is 16.2. The predicted octanol–water partition coefficient (Wildman–Crippen LogP) is 4.68. The second-order valence-corrected chi connectivity index (χ2v) is 7.05. The highest BCUT2D eigenvalue weighted by Crippen LogP contribution is 2.22. The van der Waals surface area contributed by atoms with Gasteiger partial charge in [-0.3, -0.25) is 4.79 Å². The number of nitrogens with zero attached hydrogens (tertiary/aromatic N) is 2. The molecule has 0 aliphatic carbocycles. The molecule has 134 valence electrons. The second kappa shape index (κ2) is 9.17. The van der Waals surface area contributed by atoms with Gasteiger partial charge in [-0.25, -0.2) is 9.78 Å². The Morgan fingerprint density at radius 2 is 1.88 bits per heavy atom. The number of amides is 1. The number of hydrogen-bond donors (Lipinski definition) is 0. The fourth-order valence-electron chi connectivity index (χ4n) is 2.23. The Morgan fingerprint density at radius 1 is 1.20 bits per heavy atom. The number of esters is 1. The third-order valence-corrected chi connectivity index (χ3v) is 4.52. The number of hydrogen-bond acceptors (Lipinski definition) is 5. The standard InChI is InChI=1S/C17H18Cl2N2O3S/c1-3-5-21(16(22)11-6-12(18)8-13(19)7-11)9-15-20-14(10-25-15)17(23)24-4-2/h6-8,10H,3-5,9H2,1-2H3. The molecule has 25 heavy (non-hydrogen) atoms. The molecular weight excluding hydrogens is 383 g/mol. The summed E-state index contributed by atoms with van der Waals surface area (Å²) in [5.74, 6) is -0.640. The van der Waals surface area contributed by atoms with E-state index >= 15 is 0 Å². The molecule has 0 aliphatic rings. The van der Waals surface area contributed by atoms with Crippen LogP contribution in [0.2, 0.25) is 10.0 Å². The molecule has 0 fully saturated rings. The summed E-state index contributed by atoms with van der Waals surface area (Å²) in [6, 6.07) is 4.76. The van der Waals surface area contributed by atoms with E-state index in [1.165, 1.54) is 11.3 Å². The van der Waals surface area contributed by atoms with Crippen LogP contribution in [0.4, 0.5) is 0 Å². The van der Waals surface area contributed by atoms with Crippen molar-refractivity contribution >= 4 is 46.4 Å². The summed E-state index contributed by atoms with van der Waals surface area (Å²) in [7, 11) is 0. The second-order valence-electron chi connectivity index (χ2n) is 5.23. The zero-order valence-electron chi connectivity index (χ0n) is 13.9. The van der Waals surface area contributed by atoms with E-state index in [4.69, 9.17) is 27.9 Å². The van der Waals surface area contributed by atoms with E-state index in [0.29, 0.717) is 40.3 Å². The van der Waals surface area contributed by atoms with Crippen LogP contribution in [0.1, 0.15) is 46.1 Å². The molecule has 8 heteroatoms. The minimum atomic E-state index is -0.458. The van der Waals surface area contributed by atoms with E-state index in [1.807, 2.05) is 6.92 Å². The van der Waals surface area contributed by atoms with E-state index in [0.717, 1.165) is 6.42 Å². The van der Waals surface area contributed by atoms with Crippen LogP contribution in [0, 0.1) is 0 Å². The van der Waals surface area contributed by atoms with Crippen molar-refractivity contribution in [3.8, 4) is 0 Å². The molecule has 0 saturated heterocycles. The predicted molar refractivity (Wildman–Crippen MR) is 99.6 cm³/mol. The molecule has 0 atom stereocenters. The third-order valence-electron chi connectivity index (χ3n) is 3.25. The van der Waals surface area contributed by atoms with E-state index in [-0.39, 0.29) is 11.6 Å². The Kier molecular flexibility index (Phi) is 7.23. The van der Waals surface area contributed by atoms with Gasteiger partial charge in [-0.1, -0.05) is 30.1 Å². The first-order valence-corrected chi connectivity index (χ1v) is 9.45. The summed E-state index contributed by atoms with van der Waals surface area (Å²) in [5, 5.41) is 3.12. The summed E-state index contributed by atoms with van der Waals surface area (Å²) >= 11 is 13.3. The van der Waals surface area contributed by atoms with Crippen LogP contribution in [-0.2, 0) is 11.3 Å². The maximum Gasteiger partial charge on any atom is 0.357 e. The van der Waals surface area contributed by atoms with Crippen molar-refractivity contribution in [2.24, 2.45) is 0 Å². The van der Waals surface area contributed by atoms with Crippen molar-refractivity contribution in [3.63, 3.8) is 0 Å². The fourth-order valence-corrected chi connectivity index (χ4v) is 3.53. The van der Waals surface area contributed by atoms with Crippen LogP contribution in [0.15, 0.2) is 23.6 Å². The molecule has 1 amide bonds. The average Bonchev–Trinajstić information content (AvgIpc) is 3.02. The minimum Gasteiger partial charge on any atom is -0.461 e. The molecule has 0 unspecified atom stereocenters. The smallest absolute Gasteiger partial charge is 0.357 e.